The average molecular weight is 279 g/mol. The highest BCUT2D eigenvalue weighted by Gasteiger charge is 2.23. The van der Waals surface area contributed by atoms with E-state index in [2.05, 4.69) is 5.32 Å². The SMILES string of the molecule is COC(=O)C(CNC1CCSCC1)c1ccccc1. The highest BCUT2D eigenvalue weighted by atomic mass is 32.2. The monoisotopic (exact) mass is 279 g/mol. The van der Waals surface area contributed by atoms with Gasteiger partial charge in [-0.15, -0.1) is 0 Å². The summed E-state index contributed by atoms with van der Waals surface area (Å²) in [6, 6.07) is 10.4. The lowest BCUT2D eigenvalue weighted by atomic mass is 9.98. The topological polar surface area (TPSA) is 38.3 Å². The molecule has 2 rings (SSSR count). The third kappa shape index (κ3) is 4.25. The molecule has 0 bridgehead atoms. The number of thioether (sulfide) groups is 1. The standard InChI is InChI=1S/C15H21NO2S/c1-18-15(17)14(12-5-3-2-4-6-12)11-16-13-7-9-19-10-8-13/h2-6,13-14,16H,7-11H2,1H3. The van der Waals surface area contributed by atoms with Crippen LogP contribution in [0.25, 0.3) is 0 Å². The van der Waals surface area contributed by atoms with Crippen molar-refractivity contribution in [2.75, 3.05) is 25.2 Å². The average Bonchev–Trinajstić information content (AvgIpc) is 2.49. The predicted octanol–water partition coefficient (Wildman–Crippen LogP) is 2.43. The van der Waals surface area contributed by atoms with E-state index in [4.69, 9.17) is 4.74 Å². The van der Waals surface area contributed by atoms with E-state index < -0.39 is 0 Å². The van der Waals surface area contributed by atoms with Crippen LogP contribution in [0.15, 0.2) is 30.3 Å². The first-order valence-corrected chi connectivity index (χ1v) is 7.90. The molecule has 1 unspecified atom stereocenters. The maximum Gasteiger partial charge on any atom is 0.314 e. The van der Waals surface area contributed by atoms with Crippen LogP contribution in [0.2, 0.25) is 0 Å². The van der Waals surface area contributed by atoms with Gasteiger partial charge in [0.05, 0.1) is 13.0 Å². The van der Waals surface area contributed by atoms with Crippen molar-refractivity contribution in [3.05, 3.63) is 35.9 Å². The van der Waals surface area contributed by atoms with E-state index in [1.165, 1.54) is 31.5 Å². The fraction of sp³-hybridized carbons (Fsp3) is 0.533. The lowest BCUT2D eigenvalue weighted by molar-refractivity contribution is -0.142. The number of nitrogens with one attached hydrogen (secondary N) is 1. The minimum Gasteiger partial charge on any atom is -0.469 e. The first kappa shape index (κ1) is 14.4. The second-order valence-corrected chi connectivity index (χ2v) is 6.01. The summed E-state index contributed by atoms with van der Waals surface area (Å²) in [7, 11) is 1.45. The van der Waals surface area contributed by atoms with Crippen LogP contribution >= 0.6 is 11.8 Å². The van der Waals surface area contributed by atoms with Crippen molar-refractivity contribution in [1.29, 1.82) is 0 Å². The van der Waals surface area contributed by atoms with Gasteiger partial charge in [0.1, 0.15) is 0 Å². The Morgan fingerprint density at radius 1 is 1.37 bits per heavy atom. The van der Waals surface area contributed by atoms with E-state index in [9.17, 15) is 4.79 Å². The van der Waals surface area contributed by atoms with Crippen molar-refractivity contribution in [3.63, 3.8) is 0 Å². The number of methoxy groups -OCH3 is 1. The molecular formula is C15H21NO2S. The van der Waals surface area contributed by atoms with Crippen LogP contribution in [0.1, 0.15) is 24.3 Å². The Labute approximate surface area is 119 Å². The maximum absolute atomic E-state index is 11.9. The van der Waals surface area contributed by atoms with Crippen molar-refractivity contribution < 1.29 is 9.53 Å². The molecule has 1 saturated heterocycles. The summed E-state index contributed by atoms with van der Waals surface area (Å²) in [6.07, 6.45) is 2.38. The van der Waals surface area contributed by atoms with E-state index in [1.807, 2.05) is 42.1 Å². The molecular weight excluding hydrogens is 258 g/mol. The molecule has 0 amide bonds. The van der Waals surface area contributed by atoms with Gasteiger partial charge in [0.2, 0.25) is 0 Å². The normalized spacial score (nSPS) is 17.9. The van der Waals surface area contributed by atoms with Crippen LogP contribution < -0.4 is 5.32 Å². The third-order valence-corrected chi connectivity index (χ3v) is 4.57. The zero-order valence-corrected chi connectivity index (χ0v) is 12.1. The van der Waals surface area contributed by atoms with Gasteiger partial charge in [0.25, 0.3) is 0 Å². The molecule has 1 fully saturated rings. The molecule has 0 aliphatic carbocycles. The maximum atomic E-state index is 11.9. The Balaban J connectivity index is 1.96. The Kier molecular flexibility index (Phi) is 5.73. The number of hydrogen-bond acceptors (Lipinski definition) is 4. The third-order valence-electron chi connectivity index (χ3n) is 3.52. The molecule has 0 saturated carbocycles. The van der Waals surface area contributed by atoms with E-state index >= 15 is 0 Å². The van der Waals surface area contributed by atoms with Crippen LogP contribution in [-0.2, 0) is 9.53 Å². The van der Waals surface area contributed by atoms with Gasteiger partial charge < -0.3 is 10.1 Å². The number of carbonyl (C=O) groups is 1. The quantitative estimate of drug-likeness (QED) is 0.840. The molecule has 1 atom stereocenters. The number of hydrogen-bond donors (Lipinski definition) is 1. The molecule has 1 aliphatic rings. The second-order valence-electron chi connectivity index (χ2n) is 4.78. The highest BCUT2D eigenvalue weighted by Crippen LogP contribution is 2.20. The summed E-state index contributed by atoms with van der Waals surface area (Å²) in [5.74, 6) is 2.06. The van der Waals surface area contributed by atoms with Crippen molar-refractivity contribution in [3.8, 4) is 0 Å². The van der Waals surface area contributed by atoms with Gasteiger partial charge in [-0.2, -0.15) is 11.8 Å². The number of rotatable bonds is 5. The van der Waals surface area contributed by atoms with E-state index in [0.717, 1.165) is 5.56 Å². The number of benzene rings is 1. The molecule has 104 valence electrons. The van der Waals surface area contributed by atoms with Gasteiger partial charge in [-0.3, -0.25) is 4.79 Å². The van der Waals surface area contributed by atoms with Gasteiger partial charge in [0, 0.05) is 12.6 Å². The van der Waals surface area contributed by atoms with Crippen molar-refractivity contribution in [2.45, 2.75) is 24.8 Å². The number of ether oxygens (including phenoxy) is 1. The fourth-order valence-electron chi connectivity index (χ4n) is 2.35. The van der Waals surface area contributed by atoms with E-state index in [-0.39, 0.29) is 11.9 Å². The highest BCUT2D eigenvalue weighted by molar-refractivity contribution is 7.99. The van der Waals surface area contributed by atoms with Gasteiger partial charge in [-0.25, -0.2) is 0 Å². The molecule has 1 aromatic carbocycles. The van der Waals surface area contributed by atoms with Crippen LogP contribution in [-0.4, -0.2) is 37.2 Å². The molecule has 1 N–H and O–H groups in total. The second kappa shape index (κ2) is 7.56. The number of carbonyl (C=O) groups excluding carboxylic acids is 1. The lowest BCUT2D eigenvalue weighted by Crippen LogP contribution is -2.37. The molecule has 1 aliphatic heterocycles. The molecule has 0 radical (unpaired) electrons. The van der Waals surface area contributed by atoms with Crippen molar-refractivity contribution in [1.82, 2.24) is 5.32 Å². The minimum atomic E-state index is -0.208. The molecule has 1 heterocycles. The van der Waals surface area contributed by atoms with Crippen LogP contribution in [0.5, 0.6) is 0 Å². The Bertz CT molecular complexity index is 390. The molecule has 0 aromatic heterocycles. The molecule has 3 nitrogen and oxygen atoms in total. The van der Waals surface area contributed by atoms with Gasteiger partial charge in [0.15, 0.2) is 0 Å². The summed E-state index contributed by atoms with van der Waals surface area (Å²) in [5.41, 5.74) is 1.02. The zero-order chi connectivity index (χ0) is 13.5. The van der Waals surface area contributed by atoms with Crippen molar-refractivity contribution in [2.24, 2.45) is 0 Å². The first-order valence-electron chi connectivity index (χ1n) is 6.75. The van der Waals surface area contributed by atoms with E-state index in [0.29, 0.717) is 12.6 Å². The van der Waals surface area contributed by atoms with Crippen LogP contribution in [0, 0.1) is 0 Å². The van der Waals surface area contributed by atoms with Gasteiger partial charge in [-0.05, 0) is 29.9 Å². The Morgan fingerprint density at radius 2 is 2.05 bits per heavy atom. The fourth-order valence-corrected chi connectivity index (χ4v) is 3.46. The summed E-state index contributed by atoms with van der Waals surface area (Å²) in [5, 5.41) is 3.52. The molecule has 19 heavy (non-hydrogen) atoms. The molecule has 1 aromatic rings. The van der Waals surface area contributed by atoms with Gasteiger partial charge in [-0.1, -0.05) is 30.3 Å². The Hall–Kier alpha value is -1.00. The molecule has 4 heteroatoms. The lowest BCUT2D eigenvalue weighted by Gasteiger charge is -2.25. The number of esters is 1. The van der Waals surface area contributed by atoms with Crippen LogP contribution in [0.3, 0.4) is 0 Å². The zero-order valence-electron chi connectivity index (χ0n) is 11.3. The minimum absolute atomic E-state index is 0.163. The smallest absolute Gasteiger partial charge is 0.314 e. The first-order chi connectivity index (χ1) is 9.31. The summed E-state index contributed by atoms with van der Waals surface area (Å²) in [6.45, 7) is 0.659. The summed E-state index contributed by atoms with van der Waals surface area (Å²) >= 11 is 2.01. The molecule has 0 spiro atoms. The summed E-state index contributed by atoms with van der Waals surface area (Å²) in [4.78, 5) is 11.9. The Morgan fingerprint density at radius 3 is 2.68 bits per heavy atom. The van der Waals surface area contributed by atoms with Gasteiger partial charge >= 0.3 is 5.97 Å². The summed E-state index contributed by atoms with van der Waals surface area (Å²) < 4.78 is 4.92. The van der Waals surface area contributed by atoms with Crippen molar-refractivity contribution >= 4 is 17.7 Å². The van der Waals surface area contributed by atoms with Crippen LogP contribution in [0.4, 0.5) is 0 Å². The predicted molar refractivity (Wildman–Crippen MR) is 79.5 cm³/mol. The van der Waals surface area contributed by atoms with E-state index in [1.54, 1.807) is 0 Å². The largest absolute Gasteiger partial charge is 0.469 e.